The van der Waals surface area contributed by atoms with Gasteiger partial charge in [-0.2, -0.15) is 0 Å². The predicted molar refractivity (Wildman–Crippen MR) is 136 cm³/mol. The van der Waals surface area contributed by atoms with Gasteiger partial charge in [-0.05, 0) is 86.0 Å². The molecule has 0 heterocycles. The number of aryl methyl sites for hydroxylation is 2. The van der Waals surface area contributed by atoms with Crippen molar-refractivity contribution in [1.82, 2.24) is 0 Å². The molecule has 8 heteroatoms. The van der Waals surface area contributed by atoms with Gasteiger partial charge in [-0.1, -0.05) is 23.7 Å². The van der Waals surface area contributed by atoms with Gasteiger partial charge in [0.25, 0.3) is 5.91 Å². The average Bonchev–Trinajstić information content (AvgIpc) is 2.83. The Hall–Kier alpha value is -3.84. The molecule has 0 unspecified atom stereocenters. The number of hydrogen-bond acceptors (Lipinski definition) is 5. The van der Waals surface area contributed by atoms with E-state index in [0.29, 0.717) is 34.3 Å². The van der Waals surface area contributed by atoms with Crippen molar-refractivity contribution in [2.45, 2.75) is 33.1 Å². The second-order valence-electron chi connectivity index (χ2n) is 8.01. The zero-order valence-electron chi connectivity index (χ0n) is 19.6. The van der Waals surface area contributed by atoms with Crippen LogP contribution in [0.25, 0.3) is 0 Å². The van der Waals surface area contributed by atoms with E-state index in [1.54, 1.807) is 48.5 Å². The summed E-state index contributed by atoms with van der Waals surface area (Å²) < 4.78 is 10.7. The number of ether oxygens (including phenoxy) is 2. The number of nitrogens with one attached hydrogen (secondary N) is 2. The number of hydrogen-bond donors (Lipinski definition) is 2. The van der Waals surface area contributed by atoms with Gasteiger partial charge in [0.1, 0.15) is 11.5 Å². The van der Waals surface area contributed by atoms with Gasteiger partial charge in [0.2, 0.25) is 5.91 Å². The first-order chi connectivity index (χ1) is 16.8. The van der Waals surface area contributed by atoms with Gasteiger partial charge >= 0.3 is 5.97 Å². The van der Waals surface area contributed by atoms with Crippen LogP contribution in [0.4, 0.5) is 11.4 Å². The summed E-state index contributed by atoms with van der Waals surface area (Å²) >= 11 is 5.86. The lowest BCUT2D eigenvalue weighted by Gasteiger charge is -2.10. The molecule has 35 heavy (non-hydrogen) atoms. The fourth-order valence-corrected chi connectivity index (χ4v) is 3.26. The molecule has 0 aromatic heterocycles. The van der Waals surface area contributed by atoms with Crippen LogP contribution in [0.2, 0.25) is 5.02 Å². The molecule has 0 aliphatic carbocycles. The van der Waals surface area contributed by atoms with Crippen molar-refractivity contribution in [2.75, 3.05) is 17.2 Å². The summed E-state index contributed by atoms with van der Waals surface area (Å²) in [6.07, 6.45) is 0.492. The van der Waals surface area contributed by atoms with Crippen LogP contribution in [0.3, 0.4) is 0 Å². The summed E-state index contributed by atoms with van der Waals surface area (Å²) in [7, 11) is 0. The Bertz CT molecular complexity index is 1180. The van der Waals surface area contributed by atoms with Crippen LogP contribution in [0.15, 0.2) is 66.7 Å². The fraction of sp³-hybridized carbons (Fsp3) is 0.222. The second kappa shape index (κ2) is 12.6. The fourth-order valence-electron chi connectivity index (χ4n) is 3.14. The Morgan fingerprint density at radius 2 is 1.46 bits per heavy atom. The normalized spacial score (nSPS) is 10.4. The minimum atomic E-state index is -0.530. The largest absolute Gasteiger partial charge is 0.457 e. The van der Waals surface area contributed by atoms with Gasteiger partial charge in [0.15, 0.2) is 6.61 Å². The molecule has 7 nitrogen and oxygen atoms in total. The molecule has 2 N–H and O–H groups in total. The first kappa shape index (κ1) is 25.8. The van der Waals surface area contributed by atoms with Crippen LogP contribution in [0.5, 0.6) is 11.5 Å². The Balaban J connectivity index is 1.33. The lowest BCUT2D eigenvalue weighted by molar-refractivity contribution is -0.147. The molecule has 2 amide bonds. The highest BCUT2D eigenvalue weighted by molar-refractivity contribution is 6.30. The van der Waals surface area contributed by atoms with Crippen molar-refractivity contribution in [2.24, 2.45) is 0 Å². The van der Waals surface area contributed by atoms with Crippen molar-refractivity contribution >= 4 is 40.8 Å². The van der Waals surface area contributed by atoms with Crippen LogP contribution in [-0.4, -0.2) is 24.4 Å². The number of carbonyl (C=O) groups is 3. The van der Waals surface area contributed by atoms with E-state index in [0.717, 1.165) is 11.1 Å². The Kier molecular flexibility index (Phi) is 9.26. The minimum absolute atomic E-state index is 0.0397. The lowest BCUT2D eigenvalue weighted by atomic mass is 10.1. The molecule has 0 fully saturated rings. The van der Waals surface area contributed by atoms with E-state index >= 15 is 0 Å². The molecular formula is C27H27ClN2O5. The van der Waals surface area contributed by atoms with Crippen molar-refractivity contribution in [3.63, 3.8) is 0 Å². The number of anilines is 2. The maximum absolute atomic E-state index is 12.2. The van der Waals surface area contributed by atoms with Crippen molar-refractivity contribution in [3.05, 3.63) is 82.9 Å². The summed E-state index contributed by atoms with van der Waals surface area (Å²) in [6, 6.07) is 19.7. The van der Waals surface area contributed by atoms with E-state index in [9.17, 15) is 14.4 Å². The smallest absolute Gasteiger partial charge is 0.306 e. The van der Waals surface area contributed by atoms with E-state index in [-0.39, 0.29) is 25.4 Å². The van der Waals surface area contributed by atoms with Crippen LogP contribution >= 0.6 is 11.6 Å². The number of halogens is 1. The minimum Gasteiger partial charge on any atom is -0.457 e. The van der Waals surface area contributed by atoms with E-state index < -0.39 is 11.9 Å². The summed E-state index contributed by atoms with van der Waals surface area (Å²) in [5, 5.41) is 6.13. The molecule has 3 aromatic carbocycles. The van der Waals surface area contributed by atoms with E-state index in [1.165, 1.54) is 0 Å². The van der Waals surface area contributed by atoms with Crippen LogP contribution in [-0.2, 0) is 19.1 Å². The standard InChI is InChI=1S/C27H27ClN2O5/c1-18-6-7-19(2)24(16-18)30-26(32)17-34-27(33)5-3-4-25(31)29-21-10-14-23(15-11-21)35-22-12-8-20(28)9-13-22/h6-16H,3-5,17H2,1-2H3,(H,29,31)(H,30,32). The van der Waals surface area contributed by atoms with Crippen LogP contribution in [0.1, 0.15) is 30.4 Å². The molecule has 0 spiro atoms. The summed E-state index contributed by atoms with van der Waals surface area (Å²) in [5.41, 5.74) is 3.24. The lowest BCUT2D eigenvalue weighted by Crippen LogP contribution is -2.21. The molecule has 0 atom stereocenters. The number of rotatable bonds is 10. The van der Waals surface area contributed by atoms with E-state index in [2.05, 4.69) is 10.6 Å². The SMILES string of the molecule is Cc1ccc(C)c(NC(=O)COC(=O)CCCC(=O)Nc2ccc(Oc3ccc(Cl)cc3)cc2)c1. The van der Waals surface area contributed by atoms with Crippen LogP contribution in [0, 0.1) is 13.8 Å². The highest BCUT2D eigenvalue weighted by Crippen LogP contribution is 2.24. The summed E-state index contributed by atoms with van der Waals surface area (Å²) in [4.78, 5) is 36.1. The van der Waals surface area contributed by atoms with Gasteiger partial charge in [-0.3, -0.25) is 14.4 Å². The number of benzene rings is 3. The average molecular weight is 495 g/mol. The molecule has 0 bridgehead atoms. The maximum Gasteiger partial charge on any atom is 0.306 e. The number of carbonyl (C=O) groups excluding carboxylic acids is 3. The van der Waals surface area contributed by atoms with E-state index in [4.69, 9.17) is 21.1 Å². The highest BCUT2D eigenvalue weighted by atomic mass is 35.5. The third kappa shape index (κ3) is 8.79. The maximum atomic E-state index is 12.2. The third-order valence-electron chi connectivity index (χ3n) is 5.00. The van der Waals surface area contributed by atoms with Crippen molar-refractivity contribution < 1.29 is 23.9 Å². The molecule has 0 aliphatic rings. The molecule has 3 rings (SSSR count). The van der Waals surface area contributed by atoms with E-state index in [1.807, 2.05) is 32.0 Å². The zero-order valence-corrected chi connectivity index (χ0v) is 20.4. The monoisotopic (exact) mass is 494 g/mol. The van der Waals surface area contributed by atoms with Gasteiger partial charge < -0.3 is 20.1 Å². The van der Waals surface area contributed by atoms with Gasteiger partial charge in [0, 0.05) is 29.2 Å². The molecule has 0 aliphatic heterocycles. The quantitative estimate of drug-likeness (QED) is 0.335. The van der Waals surface area contributed by atoms with Gasteiger partial charge in [-0.15, -0.1) is 0 Å². The summed E-state index contributed by atoms with van der Waals surface area (Å²) in [6.45, 7) is 3.44. The van der Waals surface area contributed by atoms with Gasteiger partial charge in [0.05, 0.1) is 0 Å². The van der Waals surface area contributed by atoms with Crippen molar-refractivity contribution in [3.8, 4) is 11.5 Å². The molecule has 0 radical (unpaired) electrons. The topological polar surface area (TPSA) is 93.7 Å². The molecule has 3 aromatic rings. The number of esters is 1. The van der Waals surface area contributed by atoms with Gasteiger partial charge in [-0.25, -0.2) is 0 Å². The third-order valence-corrected chi connectivity index (χ3v) is 5.26. The first-order valence-electron chi connectivity index (χ1n) is 11.1. The highest BCUT2D eigenvalue weighted by Gasteiger charge is 2.11. The summed E-state index contributed by atoms with van der Waals surface area (Å²) in [5.74, 6) is 0.109. The van der Waals surface area contributed by atoms with Crippen molar-refractivity contribution in [1.29, 1.82) is 0 Å². The Labute approximate surface area is 209 Å². The molecular weight excluding hydrogens is 468 g/mol. The molecule has 0 saturated carbocycles. The predicted octanol–water partition coefficient (Wildman–Crippen LogP) is 6.04. The number of amides is 2. The Morgan fingerprint density at radius 1 is 0.800 bits per heavy atom. The molecule has 182 valence electrons. The first-order valence-corrected chi connectivity index (χ1v) is 11.5. The zero-order chi connectivity index (χ0) is 25.2. The Morgan fingerprint density at radius 3 is 2.14 bits per heavy atom. The molecule has 0 saturated heterocycles. The second-order valence-corrected chi connectivity index (χ2v) is 8.45. The van der Waals surface area contributed by atoms with Crippen LogP contribution < -0.4 is 15.4 Å².